The van der Waals surface area contributed by atoms with E-state index >= 15 is 0 Å². The number of carbonyl (C=O) groups excluding carboxylic acids is 1. The lowest BCUT2D eigenvalue weighted by Gasteiger charge is -2.06. The van der Waals surface area contributed by atoms with Crippen LogP contribution < -0.4 is 11.1 Å². The molecule has 1 heterocycles. The quantitative estimate of drug-likeness (QED) is 0.870. The van der Waals surface area contributed by atoms with Crippen LogP contribution in [0.4, 0.5) is 0 Å². The molecular formula is C16H19N3O. The zero-order chi connectivity index (χ0) is 14.4. The predicted octanol–water partition coefficient (Wildman–Crippen LogP) is 1.82. The van der Waals surface area contributed by atoms with Gasteiger partial charge in [-0.3, -0.25) is 4.79 Å². The van der Waals surface area contributed by atoms with Crippen LogP contribution in [0.25, 0.3) is 0 Å². The second-order valence-corrected chi connectivity index (χ2v) is 4.70. The average Bonchev–Trinajstić information content (AvgIpc) is 2.46. The third kappa shape index (κ3) is 3.90. The number of hydrogen-bond donors (Lipinski definition) is 2. The second kappa shape index (κ2) is 6.82. The summed E-state index contributed by atoms with van der Waals surface area (Å²) in [5.74, 6) is -0.153. The van der Waals surface area contributed by atoms with E-state index in [1.165, 1.54) is 5.56 Å². The molecule has 0 aliphatic carbocycles. The highest BCUT2D eigenvalue weighted by Gasteiger charge is 2.06. The van der Waals surface area contributed by atoms with Gasteiger partial charge in [-0.05, 0) is 43.1 Å². The van der Waals surface area contributed by atoms with E-state index in [1.807, 2.05) is 43.3 Å². The molecule has 4 heteroatoms. The summed E-state index contributed by atoms with van der Waals surface area (Å²) in [7, 11) is 0. The third-order valence-electron chi connectivity index (χ3n) is 3.03. The molecule has 0 fully saturated rings. The van der Waals surface area contributed by atoms with Crippen LogP contribution in [-0.2, 0) is 13.0 Å². The number of benzene rings is 1. The van der Waals surface area contributed by atoms with Gasteiger partial charge in [0.25, 0.3) is 5.91 Å². The summed E-state index contributed by atoms with van der Waals surface area (Å²) in [6, 6.07) is 13.5. The highest BCUT2D eigenvalue weighted by Crippen LogP contribution is 2.05. The van der Waals surface area contributed by atoms with Gasteiger partial charge in [-0.25, -0.2) is 4.98 Å². The number of pyridine rings is 1. The lowest BCUT2D eigenvalue weighted by Crippen LogP contribution is -2.23. The zero-order valence-corrected chi connectivity index (χ0v) is 11.6. The van der Waals surface area contributed by atoms with Crippen LogP contribution in [-0.4, -0.2) is 17.4 Å². The van der Waals surface area contributed by atoms with Crippen LogP contribution in [0.1, 0.15) is 27.3 Å². The molecule has 2 aromatic rings. The summed E-state index contributed by atoms with van der Waals surface area (Å²) in [4.78, 5) is 16.1. The van der Waals surface area contributed by atoms with E-state index in [9.17, 15) is 4.79 Å². The van der Waals surface area contributed by atoms with E-state index in [2.05, 4.69) is 10.3 Å². The minimum Gasteiger partial charge on any atom is -0.347 e. The number of rotatable bonds is 5. The monoisotopic (exact) mass is 269 g/mol. The Balaban J connectivity index is 1.93. The van der Waals surface area contributed by atoms with Crippen LogP contribution in [0.5, 0.6) is 0 Å². The summed E-state index contributed by atoms with van der Waals surface area (Å²) < 4.78 is 0. The molecule has 0 saturated carbocycles. The third-order valence-corrected chi connectivity index (χ3v) is 3.03. The van der Waals surface area contributed by atoms with Crippen molar-refractivity contribution in [1.29, 1.82) is 0 Å². The highest BCUT2D eigenvalue weighted by molar-refractivity contribution is 5.92. The number of nitrogens with two attached hydrogens (primary N) is 1. The van der Waals surface area contributed by atoms with Gasteiger partial charge in [0, 0.05) is 12.2 Å². The fourth-order valence-corrected chi connectivity index (χ4v) is 1.93. The van der Waals surface area contributed by atoms with Crippen molar-refractivity contribution in [2.24, 2.45) is 5.73 Å². The van der Waals surface area contributed by atoms with Crippen LogP contribution in [0.3, 0.4) is 0 Å². The first-order valence-corrected chi connectivity index (χ1v) is 6.69. The lowest BCUT2D eigenvalue weighted by atomic mass is 10.1. The van der Waals surface area contributed by atoms with Gasteiger partial charge >= 0.3 is 0 Å². The molecule has 0 radical (unpaired) electrons. The van der Waals surface area contributed by atoms with Crippen molar-refractivity contribution in [1.82, 2.24) is 10.3 Å². The van der Waals surface area contributed by atoms with Gasteiger partial charge in [-0.2, -0.15) is 0 Å². The first-order chi connectivity index (χ1) is 9.69. The molecule has 0 atom stereocenters. The highest BCUT2D eigenvalue weighted by atomic mass is 16.1. The van der Waals surface area contributed by atoms with E-state index in [4.69, 9.17) is 5.73 Å². The van der Waals surface area contributed by atoms with Gasteiger partial charge in [0.15, 0.2) is 0 Å². The number of aryl methyl sites for hydroxylation is 1. The molecule has 4 nitrogen and oxygen atoms in total. The van der Waals surface area contributed by atoms with Gasteiger partial charge in [0.2, 0.25) is 0 Å². The summed E-state index contributed by atoms with van der Waals surface area (Å²) in [6.45, 7) is 3.01. The Morgan fingerprint density at radius 3 is 2.50 bits per heavy atom. The molecule has 0 unspecified atom stereocenters. The normalized spacial score (nSPS) is 10.3. The summed E-state index contributed by atoms with van der Waals surface area (Å²) in [5.41, 5.74) is 9.07. The van der Waals surface area contributed by atoms with Crippen molar-refractivity contribution >= 4 is 5.91 Å². The Morgan fingerprint density at radius 1 is 1.15 bits per heavy atom. The number of nitrogens with one attached hydrogen (secondary N) is 1. The Kier molecular flexibility index (Phi) is 4.85. The summed E-state index contributed by atoms with van der Waals surface area (Å²) >= 11 is 0. The Labute approximate surface area is 119 Å². The molecule has 20 heavy (non-hydrogen) atoms. The molecular weight excluding hydrogens is 250 g/mol. The Morgan fingerprint density at radius 2 is 1.85 bits per heavy atom. The molecule has 3 N–H and O–H groups in total. The maximum atomic E-state index is 11.9. The smallest absolute Gasteiger partial charge is 0.270 e. The predicted molar refractivity (Wildman–Crippen MR) is 79.3 cm³/mol. The minimum absolute atomic E-state index is 0.153. The molecule has 0 spiro atoms. The molecule has 1 aromatic heterocycles. The van der Waals surface area contributed by atoms with Gasteiger partial charge in [0.1, 0.15) is 5.69 Å². The molecule has 0 bridgehead atoms. The van der Waals surface area contributed by atoms with Gasteiger partial charge in [0.05, 0.1) is 0 Å². The number of aromatic nitrogens is 1. The van der Waals surface area contributed by atoms with Crippen LogP contribution >= 0.6 is 0 Å². The zero-order valence-electron chi connectivity index (χ0n) is 11.6. The number of hydrogen-bond acceptors (Lipinski definition) is 3. The van der Waals surface area contributed by atoms with E-state index in [0.29, 0.717) is 18.8 Å². The first kappa shape index (κ1) is 14.2. The van der Waals surface area contributed by atoms with Gasteiger partial charge in [-0.1, -0.05) is 30.3 Å². The standard InChI is InChI=1S/C16H19N3O/c1-12-3-2-4-15(19-12)16(20)18-11-14-7-5-13(6-8-14)9-10-17/h2-8H,9-11,17H2,1H3,(H,18,20). The van der Waals surface area contributed by atoms with E-state index in [0.717, 1.165) is 17.7 Å². The first-order valence-electron chi connectivity index (χ1n) is 6.69. The number of carbonyl (C=O) groups is 1. The van der Waals surface area contributed by atoms with E-state index in [1.54, 1.807) is 6.07 Å². The largest absolute Gasteiger partial charge is 0.347 e. The number of amides is 1. The molecule has 1 aromatic carbocycles. The molecule has 0 saturated heterocycles. The fraction of sp³-hybridized carbons (Fsp3) is 0.250. The van der Waals surface area contributed by atoms with Crippen molar-refractivity contribution in [3.63, 3.8) is 0 Å². The fourth-order valence-electron chi connectivity index (χ4n) is 1.93. The molecule has 0 aliphatic rings. The maximum Gasteiger partial charge on any atom is 0.270 e. The lowest BCUT2D eigenvalue weighted by molar-refractivity contribution is 0.0945. The van der Waals surface area contributed by atoms with Gasteiger partial charge in [-0.15, -0.1) is 0 Å². The molecule has 104 valence electrons. The van der Waals surface area contributed by atoms with Gasteiger partial charge < -0.3 is 11.1 Å². The Hall–Kier alpha value is -2.20. The van der Waals surface area contributed by atoms with Crippen molar-refractivity contribution in [2.75, 3.05) is 6.54 Å². The van der Waals surface area contributed by atoms with Crippen LogP contribution in [0, 0.1) is 6.92 Å². The average molecular weight is 269 g/mol. The van der Waals surface area contributed by atoms with Crippen molar-refractivity contribution in [3.8, 4) is 0 Å². The van der Waals surface area contributed by atoms with E-state index in [-0.39, 0.29) is 5.91 Å². The molecule has 1 amide bonds. The molecule has 0 aliphatic heterocycles. The van der Waals surface area contributed by atoms with Crippen molar-refractivity contribution in [3.05, 3.63) is 65.0 Å². The summed E-state index contributed by atoms with van der Waals surface area (Å²) in [6.07, 6.45) is 0.875. The minimum atomic E-state index is -0.153. The van der Waals surface area contributed by atoms with Crippen molar-refractivity contribution < 1.29 is 4.79 Å². The molecule has 2 rings (SSSR count). The van der Waals surface area contributed by atoms with Crippen LogP contribution in [0.15, 0.2) is 42.5 Å². The van der Waals surface area contributed by atoms with Crippen LogP contribution in [0.2, 0.25) is 0 Å². The Bertz CT molecular complexity index is 579. The maximum absolute atomic E-state index is 11.9. The second-order valence-electron chi connectivity index (χ2n) is 4.70. The van der Waals surface area contributed by atoms with Crippen molar-refractivity contribution in [2.45, 2.75) is 19.9 Å². The summed E-state index contributed by atoms with van der Waals surface area (Å²) in [5, 5.41) is 2.87. The topological polar surface area (TPSA) is 68.0 Å². The van der Waals surface area contributed by atoms with E-state index < -0.39 is 0 Å². The number of nitrogens with zero attached hydrogens (tertiary/aromatic N) is 1. The SMILES string of the molecule is Cc1cccc(C(=O)NCc2ccc(CCN)cc2)n1.